The Balaban J connectivity index is 4.33. The topological polar surface area (TPSA) is 87.4 Å². The van der Waals surface area contributed by atoms with E-state index in [4.69, 9.17) is 10.9 Å². The molecular formula is C12H27N3O2. The minimum Gasteiger partial charge on any atom is -0.318 e. The van der Waals surface area contributed by atoms with Crippen LogP contribution in [0.25, 0.3) is 0 Å². The number of amides is 1. The first kappa shape index (κ1) is 16.4. The predicted molar refractivity (Wildman–Crippen MR) is 68.4 cm³/mol. The van der Waals surface area contributed by atoms with E-state index in [1.54, 1.807) is 5.48 Å². The Morgan fingerprint density at radius 3 is 2.53 bits per heavy atom. The van der Waals surface area contributed by atoms with Crippen molar-refractivity contribution in [1.82, 2.24) is 10.8 Å². The first-order valence-electron chi connectivity index (χ1n) is 6.55. The second-order valence-corrected chi connectivity index (χ2v) is 4.40. The van der Waals surface area contributed by atoms with Crippen molar-refractivity contribution < 1.29 is 10.0 Å². The molecule has 0 fully saturated rings. The average molecular weight is 245 g/mol. The van der Waals surface area contributed by atoms with Crippen LogP contribution in [0.3, 0.4) is 0 Å². The number of rotatable bonds is 10. The van der Waals surface area contributed by atoms with Gasteiger partial charge in [-0.3, -0.25) is 10.0 Å². The maximum Gasteiger partial charge on any atom is 0.246 e. The predicted octanol–water partition coefficient (Wildman–Crippen LogP) is 1.22. The zero-order valence-corrected chi connectivity index (χ0v) is 11.0. The SMILES string of the molecule is CCCCC[C@@H](CNCN)[C@@H](CC)C(=O)NO. The monoisotopic (exact) mass is 245 g/mol. The number of unbranched alkanes of at least 4 members (excludes halogenated alkanes) is 2. The number of nitrogens with two attached hydrogens (primary N) is 1. The van der Waals surface area contributed by atoms with Crippen molar-refractivity contribution >= 4 is 5.91 Å². The van der Waals surface area contributed by atoms with Crippen LogP contribution in [-0.4, -0.2) is 24.3 Å². The molecule has 0 unspecified atom stereocenters. The van der Waals surface area contributed by atoms with Gasteiger partial charge in [-0.05, 0) is 25.3 Å². The van der Waals surface area contributed by atoms with Gasteiger partial charge in [0.05, 0.1) is 0 Å². The molecule has 17 heavy (non-hydrogen) atoms. The molecule has 5 nitrogen and oxygen atoms in total. The number of carbonyl (C=O) groups excluding carboxylic acids is 1. The maximum absolute atomic E-state index is 11.6. The Bertz CT molecular complexity index is 200. The van der Waals surface area contributed by atoms with Crippen LogP contribution in [0.15, 0.2) is 0 Å². The molecule has 0 aliphatic rings. The summed E-state index contributed by atoms with van der Waals surface area (Å²) in [5.74, 6) is -0.189. The standard InChI is InChI=1S/C12H27N3O2/c1-3-5-6-7-10(8-14-9-13)11(4-2)12(16)15-17/h10-11,14,17H,3-9,13H2,1-2H3,(H,15,16)/t10-,11+/m0/s1. The summed E-state index contributed by atoms with van der Waals surface area (Å²) in [4.78, 5) is 11.6. The summed E-state index contributed by atoms with van der Waals surface area (Å²) in [6, 6.07) is 0. The molecule has 0 aliphatic heterocycles. The molecule has 0 radical (unpaired) electrons. The molecular weight excluding hydrogens is 218 g/mol. The third kappa shape index (κ3) is 6.61. The van der Waals surface area contributed by atoms with Crippen molar-refractivity contribution in [3.8, 4) is 0 Å². The molecule has 0 rings (SSSR count). The van der Waals surface area contributed by atoms with E-state index in [1.165, 1.54) is 12.8 Å². The van der Waals surface area contributed by atoms with E-state index in [0.717, 1.165) is 25.8 Å². The lowest BCUT2D eigenvalue weighted by atomic mass is 9.85. The van der Waals surface area contributed by atoms with Gasteiger partial charge in [0.1, 0.15) is 0 Å². The summed E-state index contributed by atoms with van der Waals surface area (Å²) >= 11 is 0. The number of carbonyl (C=O) groups is 1. The lowest BCUT2D eigenvalue weighted by Crippen LogP contribution is -2.38. The number of hydrogen-bond donors (Lipinski definition) is 4. The van der Waals surface area contributed by atoms with Gasteiger partial charge in [0.15, 0.2) is 0 Å². The maximum atomic E-state index is 11.6. The van der Waals surface area contributed by atoms with E-state index < -0.39 is 0 Å². The molecule has 1 amide bonds. The summed E-state index contributed by atoms with van der Waals surface area (Å²) in [5, 5.41) is 11.8. The van der Waals surface area contributed by atoms with E-state index in [-0.39, 0.29) is 17.7 Å². The largest absolute Gasteiger partial charge is 0.318 e. The highest BCUT2D eigenvalue weighted by molar-refractivity contribution is 5.77. The smallest absolute Gasteiger partial charge is 0.246 e. The van der Waals surface area contributed by atoms with Gasteiger partial charge >= 0.3 is 0 Å². The van der Waals surface area contributed by atoms with Crippen LogP contribution < -0.4 is 16.5 Å². The molecule has 0 spiro atoms. The minimum absolute atomic E-state index is 0.143. The number of hydrogen-bond acceptors (Lipinski definition) is 4. The fourth-order valence-corrected chi connectivity index (χ4v) is 2.19. The van der Waals surface area contributed by atoms with Crippen molar-refractivity contribution in [2.24, 2.45) is 17.6 Å². The van der Waals surface area contributed by atoms with Gasteiger partial charge < -0.3 is 11.1 Å². The molecule has 0 bridgehead atoms. The molecule has 0 aromatic rings. The van der Waals surface area contributed by atoms with Crippen LogP contribution in [0.4, 0.5) is 0 Å². The molecule has 0 aromatic carbocycles. The van der Waals surface area contributed by atoms with Crippen molar-refractivity contribution in [1.29, 1.82) is 0 Å². The van der Waals surface area contributed by atoms with Gasteiger partial charge in [-0.1, -0.05) is 33.1 Å². The van der Waals surface area contributed by atoms with E-state index in [9.17, 15) is 4.79 Å². The van der Waals surface area contributed by atoms with Crippen LogP contribution >= 0.6 is 0 Å². The first-order valence-corrected chi connectivity index (χ1v) is 6.55. The van der Waals surface area contributed by atoms with Crippen LogP contribution in [-0.2, 0) is 4.79 Å². The summed E-state index contributed by atoms with van der Waals surface area (Å²) in [6.07, 6.45) is 5.18. The van der Waals surface area contributed by atoms with Crippen molar-refractivity contribution in [2.75, 3.05) is 13.2 Å². The summed E-state index contributed by atoms with van der Waals surface area (Å²) < 4.78 is 0. The lowest BCUT2D eigenvalue weighted by molar-refractivity contribution is -0.135. The second-order valence-electron chi connectivity index (χ2n) is 4.40. The molecule has 2 atom stereocenters. The zero-order chi connectivity index (χ0) is 13.1. The molecule has 0 aromatic heterocycles. The molecule has 5 N–H and O–H groups in total. The van der Waals surface area contributed by atoms with Gasteiger partial charge in [-0.25, -0.2) is 5.48 Å². The summed E-state index contributed by atoms with van der Waals surface area (Å²) in [6.45, 7) is 5.27. The van der Waals surface area contributed by atoms with E-state index in [1.807, 2.05) is 6.92 Å². The Labute approximate surface area is 104 Å². The van der Waals surface area contributed by atoms with Crippen LogP contribution in [0, 0.1) is 11.8 Å². The van der Waals surface area contributed by atoms with Crippen LogP contribution in [0.5, 0.6) is 0 Å². The van der Waals surface area contributed by atoms with Crippen LogP contribution in [0.2, 0.25) is 0 Å². The molecule has 0 saturated carbocycles. The van der Waals surface area contributed by atoms with Gasteiger partial charge in [0, 0.05) is 12.6 Å². The Hall–Kier alpha value is -0.650. The molecule has 102 valence electrons. The second kappa shape index (κ2) is 10.5. The normalized spacial score (nSPS) is 14.4. The fourth-order valence-electron chi connectivity index (χ4n) is 2.19. The summed E-state index contributed by atoms with van der Waals surface area (Å²) in [5.41, 5.74) is 7.19. The van der Waals surface area contributed by atoms with Crippen molar-refractivity contribution in [2.45, 2.75) is 46.0 Å². The fraction of sp³-hybridized carbons (Fsp3) is 0.917. The molecule has 5 heteroatoms. The quantitative estimate of drug-likeness (QED) is 0.202. The Morgan fingerprint density at radius 2 is 2.06 bits per heavy atom. The molecule has 0 aliphatic carbocycles. The highest BCUT2D eigenvalue weighted by atomic mass is 16.5. The highest BCUT2D eigenvalue weighted by Crippen LogP contribution is 2.22. The van der Waals surface area contributed by atoms with Gasteiger partial charge in [-0.2, -0.15) is 0 Å². The first-order chi connectivity index (χ1) is 8.21. The third-order valence-electron chi connectivity index (χ3n) is 3.19. The molecule has 0 heterocycles. The Morgan fingerprint density at radius 1 is 1.35 bits per heavy atom. The van der Waals surface area contributed by atoms with E-state index in [0.29, 0.717) is 6.67 Å². The molecule has 0 saturated heterocycles. The average Bonchev–Trinajstić information content (AvgIpc) is 2.35. The van der Waals surface area contributed by atoms with Crippen molar-refractivity contribution in [3.63, 3.8) is 0 Å². The number of nitrogens with one attached hydrogen (secondary N) is 2. The highest BCUT2D eigenvalue weighted by Gasteiger charge is 2.25. The van der Waals surface area contributed by atoms with E-state index in [2.05, 4.69) is 12.2 Å². The zero-order valence-electron chi connectivity index (χ0n) is 11.0. The minimum atomic E-state index is -0.284. The van der Waals surface area contributed by atoms with Gasteiger partial charge in [0.25, 0.3) is 0 Å². The van der Waals surface area contributed by atoms with Gasteiger partial charge in [0.2, 0.25) is 5.91 Å². The van der Waals surface area contributed by atoms with Crippen LogP contribution in [0.1, 0.15) is 46.0 Å². The Kier molecular flexibility index (Phi) is 10.1. The summed E-state index contributed by atoms with van der Waals surface area (Å²) in [7, 11) is 0. The van der Waals surface area contributed by atoms with Crippen molar-refractivity contribution in [3.05, 3.63) is 0 Å². The van der Waals surface area contributed by atoms with Gasteiger partial charge in [-0.15, -0.1) is 0 Å². The van der Waals surface area contributed by atoms with E-state index >= 15 is 0 Å². The third-order valence-corrected chi connectivity index (χ3v) is 3.19. The lowest BCUT2D eigenvalue weighted by Gasteiger charge is -2.24. The number of hydroxylamine groups is 1.